The van der Waals surface area contributed by atoms with Crippen molar-refractivity contribution >= 4 is 16.7 Å². The number of ether oxygens (including phenoxy) is 1. The summed E-state index contributed by atoms with van der Waals surface area (Å²) < 4.78 is 5.29. The summed E-state index contributed by atoms with van der Waals surface area (Å²) >= 11 is 0. The normalized spacial score (nSPS) is 21.6. The number of fused-ring (bicyclic) bond motifs is 1. The number of carboxylic acids is 1. The number of methoxy groups -OCH3 is 1. The molecule has 0 radical (unpaired) electrons. The van der Waals surface area contributed by atoms with Gasteiger partial charge in [-0.25, -0.2) is 0 Å². The Bertz CT molecular complexity index is 698. The van der Waals surface area contributed by atoms with Crippen LogP contribution in [0.25, 0.3) is 10.8 Å². The zero-order valence-electron chi connectivity index (χ0n) is 11.7. The maximum Gasteiger partial charge on any atom is 0.307 e. The lowest BCUT2D eigenvalue weighted by Crippen LogP contribution is -2.17. The summed E-state index contributed by atoms with van der Waals surface area (Å²) in [6.45, 7) is 0.426. The molecule has 2 aromatic rings. The topological polar surface area (TPSA) is 78.8 Å². The number of carbonyl (C=O) groups is 1. The minimum Gasteiger partial charge on any atom is -0.507 e. The van der Waals surface area contributed by atoms with Crippen molar-refractivity contribution in [1.29, 1.82) is 0 Å². The molecule has 0 aromatic heterocycles. The number of rotatable bonds is 3. The Hall–Kier alpha value is -2.27. The summed E-state index contributed by atoms with van der Waals surface area (Å²) in [6, 6.07) is 9.10. The second kappa shape index (κ2) is 5.26. The first-order valence-electron chi connectivity index (χ1n) is 6.86. The number of hydrogen-bond donors (Lipinski definition) is 3. The largest absolute Gasteiger partial charge is 0.507 e. The van der Waals surface area contributed by atoms with Gasteiger partial charge in [-0.15, -0.1) is 0 Å². The van der Waals surface area contributed by atoms with Gasteiger partial charge in [0.2, 0.25) is 0 Å². The molecule has 2 atom stereocenters. The lowest BCUT2D eigenvalue weighted by Gasteiger charge is -2.15. The Morgan fingerprint density at radius 3 is 2.76 bits per heavy atom. The van der Waals surface area contributed by atoms with E-state index >= 15 is 0 Å². The van der Waals surface area contributed by atoms with E-state index in [0.717, 1.165) is 10.9 Å². The van der Waals surface area contributed by atoms with Crippen molar-refractivity contribution in [3.63, 3.8) is 0 Å². The molecule has 0 spiro atoms. The fraction of sp³-hybridized carbons (Fsp3) is 0.312. The van der Waals surface area contributed by atoms with E-state index in [9.17, 15) is 9.90 Å². The number of phenols is 1. The van der Waals surface area contributed by atoms with Crippen LogP contribution in [0.3, 0.4) is 0 Å². The van der Waals surface area contributed by atoms with E-state index in [0.29, 0.717) is 24.1 Å². The van der Waals surface area contributed by atoms with Crippen LogP contribution in [0, 0.1) is 5.92 Å². The Morgan fingerprint density at radius 1 is 1.29 bits per heavy atom. The Kier molecular flexibility index (Phi) is 3.43. The van der Waals surface area contributed by atoms with Gasteiger partial charge in [-0.05, 0) is 12.5 Å². The van der Waals surface area contributed by atoms with E-state index in [1.807, 2.05) is 30.3 Å². The summed E-state index contributed by atoms with van der Waals surface area (Å²) in [5.74, 6) is -0.311. The van der Waals surface area contributed by atoms with Gasteiger partial charge in [-0.2, -0.15) is 0 Å². The van der Waals surface area contributed by atoms with Crippen LogP contribution in [0.1, 0.15) is 18.0 Å². The van der Waals surface area contributed by atoms with Crippen LogP contribution in [0.15, 0.2) is 30.3 Å². The molecule has 0 aliphatic carbocycles. The average Bonchev–Trinajstić information content (AvgIpc) is 2.97. The fourth-order valence-corrected chi connectivity index (χ4v) is 2.95. The third-order valence-electron chi connectivity index (χ3n) is 4.10. The van der Waals surface area contributed by atoms with Crippen LogP contribution >= 0.6 is 0 Å². The number of benzene rings is 2. The predicted octanol–water partition coefficient (Wildman–Crippen LogP) is 2.29. The molecule has 110 valence electrons. The van der Waals surface area contributed by atoms with Gasteiger partial charge in [-0.3, -0.25) is 4.79 Å². The maximum atomic E-state index is 11.0. The molecule has 2 aromatic carbocycles. The first-order valence-corrected chi connectivity index (χ1v) is 6.86. The van der Waals surface area contributed by atoms with E-state index in [1.165, 1.54) is 0 Å². The van der Waals surface area contributed by atoms with Crippen LogP contribution in [0.4, 0.5) is 0 Å². The maximum absolute atomic E-state index is 11.0. The van der Waals surface area contributed by atoms with Gasteiger partial charge >= 0.3 is 5.97 Å². The highest BCUT2D eigenvalue weighted by molar-refractivity contribution is 5.94. The molecule has 3 N–H and O–H groups in total. The third-order valence-corrected chi connectivity index (χ3v) is 4.10. The lowest BCUT2D eigenvalue weighted by atomic mass is 9.96. The highest BCUT2D eigenvalue weighted by atomic mass is 16.5. The standard InChI is InChI=1S/C16H17NO4/c1-21-14-4-2-3-11-10(14)5-6-12(15(11)18)13-7-9(8-17-13)16(19)20/h2-6,9,13,17-18H,7-8H2,1H3,(H,19,20). The quantitative estimate of drug-likeness (QED) is 0.807. The van der Waals surface area contributed by atoms with Crippen molar-refractivity contribution < 1.29 is 19.7 Å². The first-order chi connectivity index (χ1) is 10.1. The van der Waals surface area contributed by atoms with E-state index in [1.54, 1.807) is 7.11 Å². The van der Waals surface area contributed by atoms with Crippen molar-refractivity contribution in [2.24, 2.45) is 5.92 Å². The van der Waals surface area contributed by atoms with Gasteiger partial charge < -0.3 is 20.3 Å². The zero-order valence-corrected chi connectivity index (χ0v) is 11.7. The van der Waals surface area contributed by atoms with Gasteiger partial charge in [0.1, 0.15) is 11.5 Å². The molecule has 5 nitrogen and oxygen atoms in total. The summed E-state index contributed by atoms with van der Waals surface area (Å²) in [6.07, 6.45) is 0.484. The molecule has 0 bridgehead atoms. The molecule has 1 saturated heterocycles. The smallest absolute Gasteiger partial charge is 0.307 e. The molecule has 1 heterocycles. The molecule has 0 saturated carbocycles. The Balaban J connectivity index is 2.01. The second-order valence-corrected chi connectivity index (χ2v) is 5.29. The van der Waals surface area contributed by atoms with Gasteiger partial charge in [0.25, 0.3) is 0 Å². The second-order valence-electron chi connectivity index (χ2n) is 5.29. The van der Waals surface area contributed by atoms with Crippen molar-refractivity contribution in [3.05, 3.63) is 35.9 Å². The number of hydrogen-bond acceptors (Lipinski definition) is 4. The number of phenolic OH excluding ortho intramolecular Hbond substituents is 1. The number of nitrogens with one attached hydrogen (secondary N) is 1. The van der Waals surface area contributed by atoms with Crippen LogP contribution in [-0.2, 0) is 4.79 Å². The molecule has 1 aliphatic rings. The Labute approximate surface area is 122 Å². The minimum atomic E-state index is -0.799. The molecular formula is C16H17NO4. The average molecular weight is 287 g/mol. The molecule has 3 rings (SSSR count). The lowest BCUT2D eigenvalue weighted by molar-refractivity contribution is -0.141. The number of carboxylic acid groups (broad SMARTS) is 1. The van der Waals surface area contributed by atoms with Gasteiger partial charge in [-0.1, -0.05) is 24.3 Å². The fourth-order valence-electron chi connectivity index (χ4n) is 2.95. The van der Waals surface area contributed by atoms with E-state index < -0.39 is 11.9 Å². The number of aromatic hydroxyl groups is 1. The van der Waals surface area contributed by atoms with Crippen LogP contribution in [0.5, 0.6) is 11.5 Å². The molecule has 2 unspecified atom stereocenters. The molecular weight excluding hydrogens is 270 g/mol. The summed E-state index contributed by atoms with van der Waals surface area (Å²) in [4.78, 5) is 11.0. The molecule has 1 fully saturated rings. The van der Waals surface area contributed by atoms with Crippen molar-refractivity contribution in [2.75, 3.05) is 13.7 Å². The van der Waals surface area contributed by atoms with Crippen LogP contribution < -0.4 is 10.1 Å². The zero-order chi connectivity index (χ0) is 15.0. The summed E-state index contributed by atoms with van der Waals surface area (Å²) in [5, 5.41) is 24.3. The van der Waals surface area contributed by atoms with Crippen LogP contribution in [0.2, 0.25) is 0 Å². The van der Waals surface area contributed by atoms with Gasteiger partial charge in [0, 0.05) is 28.9 Å². The first kappa shape index (κ1) is 13.7. The molecule has 1 aliphatic heterocycles. The van der Waals surface area contributed by atoms with Gasteiger partial charge in [0.15, 0.2) is 0 Å². The van der Waals surface area contributed by atoms with Crippen molar-refractivity contribution in [1.82, 2.24) is 5.32 Å². The summed E-state index contributed by atoms with van der Waals surface area (Å²) in [7, 11) is 1.59. The highest BCUT2D eigenvalue weighted by Gasteiger charge is 2.31. The predicted molar refractivity (Wildman–Crippen MR) is 78.7 cm³/mol. The van der Waals surface area contributed by atoms with E-state index in [-0.39, 0.29) is 11.8 Å². The minimum absolute atomic E-state index is 0.137. The Morgan fingerprint density at radius 2 is 2.10 bits per heavy atom. The van der Waals surface area contributed by atoms with Crippen LogP contribution in [-0.4, -0.2) is 29.8 Å². The van der Waals surface area contributed by atoms with Gasteiger partial charge in [0.05, 0.1) is 13.0 Å². The van der Waals surface area contributed by atoms with E-state index in [4.69, 9.17) is 9.84 Å². The van der Waals surface area contributed by atoms with Crippen molar-refractivity contribution in [2.45, 2.75) is 12.5 Å². The van der Waals surface area contributed by atoms with Crippen molar-refractivity contribution in [3.8, 4) is 11.5 Å². The molecule has 21 heavy (non-hydrogen) atoms. The number of aliphatic carboxylic acids is 1. The molecule has 0 amide bonds. The highest BCUT2D eigenvalue weighted by Crippen LogP contribution is 2.39. The molecule has 5 heteroatoms. The third kappa shape index (κ3) is 2.29. The van der Waals surface area contributed by atoms with E-state index in [2.05, 4.69) is 5.32 Å². The monoisotopic (exact) mass is 287 g/mol. The summed E-state index contributed by atoms with van der Waals surface area (Å²) in [5.41, 5.74) is 0.736. The SMILES string of the molecule is COc1cccc2c(O)c(C3CC(C(=O)O)CN3)ccc12.